The van der Waals surface area contributed by atoms with Crippen LogP contribution in [0.4, 0.5) is 27.5 Å². The maximum absolute atomic E-state index is 13.8. The van der Waals surface area contributed by atoms with Gasteiger partial charge in [-0.05, 0) is 36.4 Å². The Morgan fingerprint density at radius 3 is 2.75 bits per heavy atom. The van der Waals surface area contributed by atoms with E-state index in [4.69, 9.17) is 27.3 Å². The topological polar surface area (TPSA) is 130 Å². The molecule has 0 fully saturated rings. The highest BCUT2D eigenvalue weighted by Crippen LogP contribution is 2.31. The molecule has 32 heavy (non-hydrogen) atoms. The van der Waals surface area contributed by atoms with Crippen LogP contribution >= 0.6 is 11.6 Å². The van der Waals surface area contributed by atoms with Crippen molar-refractivity contribution < 1.29 is 13.7 Å². The normalized spacial score (nSPS) is 10.6. The van der Waals surface area contributed by atoms with Gasteiger partial charge in [-0.1, -0.05) is 41.0 Å². The summed E-state index contributed by atoms with van der Waals surface area (Å²) in [5.41, 5.74) is 7.93. The quantitative estimate of drug-likeness (QED) is 0.239. The summed E-state index contributed by atoms with van der Waals surface area (Å²) < 4.78 is 19.1. The van der Waals surface area contributed by atoms with Crippen LogP contribution in [-0.2, 0) is 0 Å². The first kappa shape index (κ1) is 21.0. The van der Waals surface area contributed by atoms with E-state index in [9.17, 15) is 9.18 Å². The first-order valence-electron chi connectivity index (χ1n) is 9.32. The molecule has 4 aromatic rings. The highest BCUT2D eigenvalue weighted by atomic mass is 35.5. The molecule has 3 aromatic carbocycles. The number of hydrogen-bond donors (Lipinski definition) is 4. The van der Waals surface area contributed by atoms with Gasteiger partial charge in [-0.3, -0.25) is 4.79 Å². The Kier molecular flexibility index (Phi) is 5.82. The standard InChI is InChI=1S/C22H16ClFN6O2/c23-19-15(11-25)17(26)8-9-18(19)28-22-29-20(30-32-22)12-4-3-5-13(10-12)27-21(31)14-6-1-2-7-16(14)24/h1-11,25H,26H2,(H,27,31)(H,28,29,30). The fraction of sp³-hybridized carbons (Fsp3) is 0. The number of hydrogen-bond acceptors (Lipinski definition) is 7. The fourth-order valence-corrected chi connectivity index (χ4v) is 3.21. The maximum atomic E-state index is 13.8. The van der Waals surface area contributed by atoms with Gasteiger partial charge >= 0.3 is 6.01 Å². The van der Waals surface area contributed by atoms with Gasteiger partial charge in [0.05, 0.1) is 16.3 Å². The molecule has 1 aromatic heterocycles. The molecule has 0 aliphatic carbocycles. The molecule has 0 aliphatic rings. The van der Waals surface area contributed by atoms with E-state index in [2.05, 4.69) is 20.8 Å². The van der Waals surface area contributed by atoms with Crippen LogP contribution in [0.15, 0.2) is 65.2 Å². The second kappa shape index (κ2) is 8.86. The van der Waals surface area contributed by atoms with Gasteiger partial charge in [-0.2, -0.15) is 4.98 Å². The molecule has 0 saturated carbocycles. The summed E-state index contributed by atoms with van der Waals surface area (Å²) in [4.78, 5) is 16.6. The van der Waals surface area contributed by atoms with E-state index in [1.807, 2.05) is 0 Å². The summed E-state index contributed by atoms with van der Waals surface area (Å²) in [6, 6.07) is 15.8. The third kappa shape index (κ3) is 4.28. The molecule has 1 amide bonds. The molecular formula is C22H16ClFN6O2. The number of nitrogens with two attached hydrogens (primary N) is 1. The number of nitrogen functional groups attached to an aromatic ring is 1. The lowest BCUT2D eigenvalue weighted by atomic mass is 10.1. The van der Waals surface area contributed by atoms with Gasteiger partial charge in [0.2, 0.25) is 5.82 Å². The van der Waals surface area contributed by atoms with Crippen LogP contribution in [-0.4, -0.2) is 22.3 Å². The molecule has 8 nitrogen and oxygen atoms in total. The maximum Gasteiger partial charge on any atom is 0.326 e. The highest BCUT2D eigenvalue weighted by Gasteiger charge is 2.15. The van der Waals surface area contributed by atoms with Gasteiger partial charge in [0.25, 0.3) is 5.91 Å². The average Bonchev–Trinajstić information content (AvgIpc) is 3.25. The molecule has 5 N–H and O–H groups in total. The molecule has 10 heteroatoms. The predicted octanol–water partition coefficient (Wildman–Crippen LogP) is 5.10. The van der Waals surface area contributed by atoms with E-state index >= 15 is 0 Å². The van der Waals surface area contributed by atoms with Crippen molar-refractivity contribution in [3.63, 3.8) is 0 Å². The molecule has 0 unspecified atom stereocenters. The number of halogens is 2. The minimum atomic E-state index is -0.609. The van der Waals surface area contributed by atoms with Crippen molar-refractivity contribution >= 4 is 46.8 Å². The Labute approximate surface area is 186 Å². The molecule has 160 valence electrons. The van der Waals surface area contributed by atoms with Gasteiger partial charge in [0.1, 0.15) is 5.82 Å². The number of amides is 1. The van der Waals surface area contributed by atoms with E-state index in [1.165, 1.54) is 18.2 Å². The van der Waals surface area contributed by atoms with Crippen LogP contribution in [0.2, 0.25) is 5.02 Å². The lowest BCUT2D eigenvalue weighted by Crippen LogP contribution is -2.13. The van der Waals surface area contributed by atoms with Gasteiger partial charge in [-0.25, -0.2) is 4.39 Å². The highest BCUT2D eigenvalue weighted by molar-refractivity contribution is 6.36. The van der Waals surface area contributed by atoms with E-state index in [0.29, 0.717) is 28.2 Å². The van der Waals surface area contributed by atoms with E-state index in [-0.39, 0.29) is 22.4 Å². The van der Waals surface area contributed by atoms with Crippen LogP contribution in [0, 0.1) is 11.2 Å². The largest absolute Gasteiger partial charge is 0.398 e. The molecule has 4 rings (SSSR count). The summed E-state index contributed by atoms with van der Waals surface area (Å²) in [6.07, 6.45) is 1.06. The summed E-state index contributed by atoms with van der Waals surface area (Å²) in [5.74, 6) is -0.924. The molecule has 0 saturated heterocycles. The molecule has 0 radical (unpaired) electrons. The molecule has 0 bridgehead atoms. The van der Waals surface area contributed by atoms with Crippen molar-refractivity contribution in [2.24, 2.45) is 0 Å². The van der Waals surface area contributed by atoms with Crippen molar-refractivity contribution in [2.45, 2.75) is 0 Å². The number of nitrogens with zero attached hydrogens (tertiary/aromatic N) is 2. The summed E-state index contributed by atoms with van der Waals surface area (Å²) in [7, 11) is 0. The summed E-state index contributed by atoms with van der Waals surface area (Å²) in [6.45, 7) is 0. The van der Waals surface area contributed by atoms with Crippen molar-refractivity contribution in [3.05, 3.63) is 82.6 Å². The zero-order valence-electron chi connectivity index (χ0n) is 16.4. The van der Waals surface area contributed by atoms with Crippen LogP contribution in [0.1, 0.15) is 15.9 Å². The molecule has 1 heterocycles. The smallest absolute Gasteiger partial charge is 0.326 e. The Balaban J connectivity index is 1.53. The summed E-state index contributed by atoms with van der Waals surface area (Å²) in [5, 5.41) is 17.2. The zero-order valence-corrected chi connectivity index (χ0v) is 17.2. The van der Waals surface area contributed by atoms with Gasteiger partial charge in [0, 0.05) is 28.7 Å². The van der Waals surface area contributed by atoms with Gasteiger partial charge in [0.15, 0.2) is 0 Å². The van der Waals surface area contributed by atoms with Crippen LogP contribution in [0.25, 0.3) is 11.4 Å². The number of rotatable bonds is 6. The van der Waals surface area contributed by atoms with Crippen molar-refractivity contribution in [1.29, 1.82) is 5.41 Å². The van der Waals surface area contributed by atoms with E-state index < -0.39 is 11.7 Å². The van der Waals surface area contributed by atoms with Crippen molar-refractivity contribution in [3.8, 4) is 11.4 Å². The molecule has 0 atom stereocenters. The number of benzene rings is 3. The summed E-state index contributed by atoms with van der Waals surface area (Å²) >= 11 is 6.27. The minimum Gasteiger partial charge on any atom is -0.398 e. The number of carbonyl (C=O) groups is 1. The molecule has 0 spiro atoms. The Hall–Kier alpha value is -4.24. The first-order valence-corrected chi connectivity index (χ1v) is 9.69. The molecule has 0 aliphatic heterocycles. The Morgan fingerprint density at radius 2 is 1.97 bits per heavy atom. The zero-order chi connectivity index (χ0) is 22.7. The third-order valence-corrected chi connectivity index (χ3v) is 4.93. The predicted molar refractivity (Wildman–Crippen MR) is 121 cm³/mol. The van der Waals surface area contributed by atoms with Gasteiger partial charge in [-0.15, -0.1) is 0 Å². The van der Waals surface area contributed by atoms with Crippen LogP contribution < -0.4 is 16.4 Å². The second-order valence-corrected chi connectivity index (χ2v) is 7.02. The number of aromatic nitrogens is 2. The van der Waals surface area contributed by atoms with Crippen LogP contribution in [0.3, 0.4) is 0 Å². The number of nitrogens with one attached hydrogen (secondary N) is 3. The Morgan fingerprint density at radius 1 is 1.16 bits per heavy atom. The first-order chi connectivity index (χ1) is 15.5. The Bertz CT molecular complexity index is 1320. The lowest BCUT2D eigenvalue weighted by molar-refractivity contribution is 0.102. The van der Waals surface area contributed by atoms with Crippen molar-refractivity contribution in [1.82, 2.24) is 10.1 Å². The average molecular weight is 451 g/mol. The number of anilines is 4. The van der Waals surface area contributed by atoms with Crippen molar-refractivity contribution in [2.75, 3.05) is 16.4 Å². The minimum absolute atomic E-state index is 0.0615. The lowest BCUT2D eigenvalue weighted by Gasteiger charge is -2.08. The number of carbonyl (C=O) groups excluding carboxylic acids is 1. The van der Waals surface area contributed by atoms with E-state index in [0.717, 1.165) is 6.21 Å². The van der Waals surface area contributed by atoms with E-state index in [1.54, 1.807) is 42.5 Å². The van der Waals surface area contributed by atoms with Gasteiger partial charge < -0.3 is 26.3 Å². The second-order valence-electron chi connectivity index (χ2n) is 6.64. The third-order valence-electron chi connectivity index (χ3n) is 4.52. The monoisotopic (exact) mass is 450 g/mol. The fourth-order valence-electron chi connectivity index (χ4n) is 2.94. The van der Waals surface area contributed by atoms with Crippen LogP contribution in [0.5, 0.6) is 0 Å². The molecular weight excluding hydrogens is 435 g/mol. The SMILES string of the molecule is N=Cc1c(N)ccc(Nc2nc(-c3cccc(NC(=O)c4ccccc4F)c3)no2)c1Cl.